The van der Waals surface area contributed by atoms with Gasteiger partial charge in [0.15, 0.2) is 0 Å². The van der Waals surface area contributed by atoms with Gasteiger partial charge < -0.3 is 15.5 Å². The van der Waals surface area contributed by atoms with Gasteiger partial charge in [-0.1, -0.05) is 12.1 Å². The third-order valence-corrected chi connectivity index (χ3v) is 2.02. The van der Waals surface area contributed by atoms with Gasteiger partial charge in [0, 0.05) is 0 Å². The van der Waals surface area contributed by atoms with Gasteiger partial charge in [-0.15, -0.1) is 12.4 Å². The highest BCUT2D eigenvalue weighted by Gasteiger charge is 2.14. The SMILES string of the molecule is CN[C@H](Cc1ccc(O)cc1)C(=O)O.Cl. The lowest BCUT2D eigenvalue weighted by Gasteiger charge is -2.10. The first-order valence-corrected chi connectivity index (χ1v) is 4.31. The Hall–Kier alpha value is -1.26. The molecule has 0 saturated heterocycles. The maximum atomic E-state index is 10.7. The van der Waals surface area contributed by atoms with Crippen LogP contribution >= 0.6 is 12.4 Å². The predicted molar refractivity (Wildman–Crippen MR) is 59.5 cm³/mol. The number of carboxylic acid groups (broad SMARTS) is 1. The quantitative estimate of drug-likeness (QED) is 0.724. The molecule has 0 aliphatic heterocycles. The topological polar surface area (TPSA) is 69.6 Å². The van der Waals surface area contributed by atoms with E-state index in [9.17, 15) is 4.79 Å². The Morgan fingerprint density at radius 1 is 1.40 bits per heavy atom. The maximum Gasteiger partial charge on any atom is 0.321 e. The van der Waals surface area contributed by atoms with Crippen molar-refractivity contribution >= 4 is 18.4 Å². The van der Waals surface area contributed by atoms with Crippen molar-refractivity contribution in [1.82, 2.24) is 5.32 Å². The highest BCUT2D eigenvalue weighted by Crippen LogP contribution is 2.11. The van der Waals surface area contributed by atoms with Gasteiger partial charge >= 0.3 is 5.97 Å². The molecule has 0 aliphatic carbocycles. The molecule has 4 nitrogen and oxygen atoms in total. The zero-order valence-corrected chi connectivity index (χ0v) is 9.12. The van der Waals surface area contributed by atoms with Crippen molar-refractivity contribution in [2.24, 2.45) is 0 Å². The number of hydrogen-bond donors (Lipinski definition) is 3. The Morgan fingerprint density at radius 3 is 2.33 bits per heavy atom. The summed E-state index contributed by atoms with van der Waals surface area (Å²) in [5.41, 5.74) is 0.879. The van der Waals surface area contributed by atoms with E-state index >= 15 is 0 Å². The minimum Gasteiger partial charge on any atom is -0.508 e. The molecule has 1 aromatic rings. The van der Waals surface area contributed by atoms with Crippen molar-refractivity contribution in [2.45, 2.75) is 12.5 Å². The third-order valence-electron chi connectivity index (χ3n) is 2.02. The first-order valence-electron chi connectivity index (χ1n) is 4.31. The lowest BCUT2D eigenvalue weighted by molar-refractivity contribution is -0.139. The van der Waals surface area contributed by atoms with Gasteiger partial charge in [0.2, 0.25) is 0 Å². The minimum absolute atomic E-state index is 0. The van der Waals surface area contributed by atoms with Gasteiger partial charge in [-0.3, -0.25) is 4.79 Å². The summed E-state index contributed by atoms with van der Waals surface area (Å²) in [6, 6.07) is 5.93. The van der Waals surface area contributed by atoms with Gasteiger partial charge in [-0.2, -0.15) is 0 Å². The summed E-state index contributed by atoms with van der Waals surface area (Å²) in [6.07, 6.45) is 0.409. The fourth-order valence-corrected chi connectivity index (χ4v) is 1.18. The van der Waals surface area contributed by atoms with Crippen LogP contribution in [0.25, 0.3) is 0 Å². The number of aliphatic carboxylic acids is 1. The standard InChI is InChI=1S/C10H13NO3.ClH/c1-11-9(10(13)14)6-7-2-4-8(12)5-3-7;/h2-5,9,11-12H,6H2,1H3,(H,13,14);1H/t9-;/m1./s1. The molecule has 0 aliphatic rings. The molecule has 15 heavy (non-hydrogen) atoms. The van der Waals surface area contributed by atoms with E-state index in [0.717, 1.165) is 5.56 Å². The fourth-order valence-electron chi connectivity index (χ4n) is 1.18. The van der Waals surface area contributed by atoms with Crippen LogP contribution in [0.4, 0.5) is 0 Å². The van der Waals surface area contributed by atoms with Crippen molar-refractivity contribution in [2.75, 3.05) is 7.05 Å². The van der Waals surface area contributed by atoms with Crippen molar-refractivity contribution in [3.63, 3.8) is 0 Å². The van der Waals surface area contributed by atoms with Crippen molar-refractivity contribution in [3.05, 3.63) is 29.8 Å². The van der Waals surface area contributed by atoms with Crippen LogP contribution in [0.3, 0.4) is 0 Å². The number of phenolic OH excluding ortho intramolecular Hbond substituents is 1. The van der Waals surface area contributed by atoms with E-state index in [4.69, 9.17) is 10.2 Å². The largest absolute Gasteiger partial charge is 0.508 e. The summed E-state index contributed by atoms with van der Waals surface area (Å²) in [4.78, 5) is 10.7. The molecule has 3 N–H and O–H groups in total. The Morgan fingerprint density at radius 2 is 1.93 bits per heavy atom. The molecule has 5 heteroatoms. The zero-order chi connectivity index (χ0) is 10.6. The molecular weight excluding hydrogens is 218 g/mol. The molecule has 0 heterocycles. The van der Waals surface area contributed by atoms with Crippen LogP contribution in [0.2, 0.25) is 0 Å². The number of rotatable bonds is 4. The molecule has 1 atom stereocenters. The van der Waals surface area contributed by atoms with Crippen LogP contribution in [-0.2, 0) is 11.2 Å². The van der Waals surface area contributed by atoms with E-state index in [2.05, 4.69) is 5.32 Å². The Kier molecular flexibility index (Phi) is 5.74. The lowest BCUT2D eigenvalue weighted by Crippen LogP contribution is -2.35. The number of benzene rings is 1. The van der Waals surface area contributed by atoms with Crippen LogP contribution in [0.15, 0.2) is 24.3 Å². The molecular formula is C10H14ClNO3. The number of hydrogen-bond acceptors (Lipinski definition) is 3. The lowest BCUT2D eigenvalue weighted by atomic mass is 10.1. The average molecular weight is 232 g/mol. The second-order valence-electron chi connectivity index (χ2n) is 3.05. The number of phenols is 1. The second kappa shape index (κ2) is 6.27. The number of halogens is 1. The number of carbonyl (C=O) groups is 1. The van der Waals surface area contributed by atoms with E-state index in [1.54, 1.807) is 31.3 Å². The van der Waals surface area contributed by atoms with E-state index in [1.165, 1.54) is 0 Å². The normalized spacial score (nSPS) is 11.5. The summed E-state index contributed by atoms with van der Waals surface area (Å²) in [6.45, 7) is 0. The Labute approximate surface area is 94.3 Å². The van der Waals surface area contributed by atoms with E-state index < -0.39 is 12.0 Å². The highest BCUT2D eigenvalue weighted by molar-refractivity contribution is 5.85. The first kappa shape index (κ1) is 13.7. The first-order chi connectivity index (χ1) is 6.63. The van der Waals surface area contributed by atoms with Crippen LogP contribution in [0.5, 0.6) is 5.75 Å². The molecule has 0 amide bonds. The van der Waals surface area contributed by atoms with Gasteiger partial charge in [-0.05, 0) is 31.2 Å². The molecule has 84 valence electrons. The van der Waals surface area contributed by atoms with Gasteiger partial charge in [0.05, 0.1) is 0 Å². The molecule has 1 aromatic carbocycles. The van der Waals surface area contributed by atoms with E-state index in [0.29, 0.717) is 6.42 Å². The second-order valence-corrected chi connectivity index (χ2v) is 3.05. The highest BCUT2D eigenvalue weighted by atomic mass is 35.5. The summed E-state index contributed by atoms with van der Waals surface area (Å²) < 4.78 is 0. The average Bonchev–Trinajstić information content (AvgIpc) is 2.16. The fraction of sp³-hybridized carbons (Fsp3) is 0.300. The van der Waals surface area contributed by atoms with Gasteiger partial charge in [0.1, 0.15) is 11.8 Å². The van der Waals surface area contributed by atoms with E-state index in [1.807, 2.05) is 0 Å². The molecule has 0 aromatic heterocycles. The summed E-state index contributed by atoms with van der Waals surface area (Å²) in [5.74, 6) is -0.689. The zero-order valence-electron chi connectivity index (χ0n) is 8.30. The monoisotopic (exact) mass is 231 g/mol. The predicted octanol–water partition coefficient (Wildman–Crippen LogP) is 1.03. The number of aromatic hydroxyl groups is 1. The third kappa shape index (κ3) is 4.18. The van der Waals surface area contributed by atoms with Crippen LogP contribution in [0.1, 0.15) is 5.56 Å². The Balaban J connectivity index is 0.00000196. The minimum atomic E-state index is -0.874. The molecule has 1 rings (SSSR count). The molecule has 0 bridgehead atoms. The van der Waals surface area contributed by atoms with E-state index in [-0.39, 0.29) is 18.2 Å². The van der Waals surface area contributed by atoms with Crippen LogP contribution < -0.4 is 5.32 Å². The molecule has 0 spiro atoms. The number of carboxylic acids is 1. The van der Waals surface area contributed by atoms with Crippen molar-refractivity contribution < 1.29 is 15.0 Å². The maximum absolute atomic E-state index is 10.7. The van der Waals surface area contributed by atoms with Gasteiger partial charge in [-0.25, -0.2) is 0 Å². The van der Waals surface area contributed by atoms with Crippen molar-refractivity contribution in [1.29, 1.82) is 0 Å². The summed E-state index contributed by atoms with van der Waals surface area (Å²) in [7, 11) is 1.61. The Bertz CT molecular complexity index is 313. The van der Waals surface area contributed by atoms with Gasteiger partial charge in [0.25, 0.3) is 0 Å². The summed E-state index contributed by atoms with van der Waals surface area (Å²) >= 11 is 0. The molecule has 0 radical (unpaired) electrons. The number of nitrogens with one attached hydrogen (secondary N) is 1. The van der Waals surface area contributed by atoms with Crippen molar-refractivity contribution in [3.8, 4) is 5.75 Å². The molecule has 0 saturated carbocycles. The molecule has 0 fully saturated rings. The number of likely N-dealkylation sites (N-methyl/N-ethyl adjacent to an activating group) is 1. The van der Waals surface area contributed by atoms with Crippen LogP contribution in [-0.4, -0.2) is 29.3 Å². The van der Waals surface area contributed by atoms with Crippen LogP contribution in [0, 0.1) is 0 Å². The smallest absolute Gasteiger partial charge is 0.321 e. The summed E-state index contributed by atoms with van der Waals surface area (Å²) in [5, 5.41) is 20.5. The molecule has 0 unspecified atom stereocenters.